The number of fused-ring (bicyclic) bond motifs is 1. The molecule has 2 heterocycles. The smallest absolute Gasteiger partial charge is 0.254 e. The summed E-state index contributed by atoms with van der Waals surface area (Å²) in [6, 6.07) is 14.5. The second kappa shape index (κ2) is 10.2. The number of carbonyl (C=O) groups excluding carboxylic acids is 2. The molecule has 0 fully saturated rings. The van der Waals surface area contributed by atoms with E-state index in [9.17, 15) is 14.0 Å². The van der Waals surface area contributed by atoms with Gasteiger partial charge >= 0.3 is 0 Å². The van der Waals surface area contributed by atoms with Crippen molar-refractivity contribution >= 4 is 11.8 Å². The van der Waals surface area contributed by atoms with Crippen LogP contribution in [-0.4, -0.2) is 59.5 Å². The molecule has 3 aromatic rings. The molecule has 0 spiro atoms. The summed E-state index contributed by atoms with van der Waals surface area (Å²) < 4.78 is 26.8. The molecule has 0 radical (unpaired) electrons. The molecule has 0 aliphatic carbocycles. The number of ether oxygens (including phenoxy) is 2. The average molecular weight is 480 g/mol. The number of nitrogens with zero attached hydrogens (tertiary/aromatic N) is 3. The maximum absolute atomic E-state index is 14.1. The number of amides is 2. The van der Waals surface area contributed by atoms with E-state index in [4.69, 9.17) is 9.47 Å². The van der Waals surface area contributed by atoms with Crippen LogP contribution in [0.3, 0.4) is 0 Å². The van der Waals surface area contributed by atoms with Crippen molar-refractivity contribution in [3.05, 3.63) is 83.4 Å². The molecule has 0 saturated heterocycles. The summed E-state index contributed by atoms with van der Waals surface area (Å²) in [5.41, 5.74) is 1.98. The van der Waals surface area contributed by atoms with E-state index in [-0.39, 0.29) is 30.2 Å². The van der Waals surface area contributed by atoms with Gasteiger partial charge in [-0.05, 0) is 55.8 Å². The fourth-order valence-corrected chi connectivity index (χ4v) is 4.50. The van der Waals surface area contributed by atoms with Crippen LogP contribution in [0.5, 0.6) is 11.5 Å². The SMILES string of the molecule is COc1cc(OC)cc(C(=O)N(CC(=O)N2CCn3cccc3C2c2cccc(F)c2)C(C)C)c1. The Balaban J connectivity index is 1.64. The zero-order chi connectivity index (χ0) is 25.1. The molecule has 0 N–H and O–H groups in total. The minimum absolute atomic E-state index is 0.109. The van der Waals surface area contributed by atoms with Crippen LogP contribution in [-0.2, 0) is 11.3 Å². The third-order valence-electron chi connectivity index (χ3n) is 6.31. The molecule has 4 rings (SSSR count). The Morgan fingerprint density at radius 3 is 2.37 bits per heavy atom. The highest BCUT2D eigenvalue weighted by atomic mass is 19.1. The molecule has 1 atom stereocenters. The Bertz CT molecular complexity index is 1200. The van der Waals surface area contributed by atoms with Crippen molar-refractivity contribution in [2.45, 2.75) is 32.5 Å². The van der Waals surface area contributed by atoms with Crippen LogP contribution in [0.2, 0.25) is 0 Å². The normalized spacial score (nSPS) is 15.0. The number of hydrogen-bond donors (Lipinski definition) is 0. The molecule has 2 amide bonds. The molecule has 0 saturated carbocycles. The van der Waals surface area contributed by atoms with Gasteiger partial charge in [0.2, 0.25) is 5.91 Å². The van der Waals surface area contributed by atoms with E-state index < -0.39 is 6.04 Å². The molecule has 1 aliphatic rings. The fraction of sp³-hybridized carbons (Fsp3) is 0.333. The van der Waals surface area contributed by atoms with E-state index in [1.165, 1.54) is 31.3 Å². The van der Waals surface area contributed by atoms with Gasteiger partial charge in [0, 0.05) is 42.7 Å². The number of carbonyl (C=O) groups is 2. The van der Waals surface area contributed by atoms with Gasteiger partial charge in [0.15, 0.2) is 0 Å². The predicted molar refractivity (Wildman–Crippen MR) is 130 cm³/mol. The monoisotopic (exact) mass is 479 g/mol. The molecule has 35 heavy (non-hydrogen) atoms. The van der Waals surface area contributed by atoms with E-state index in [0.717, 1.165) is 5.69 Å². The summed E-state index contributed by atoms with van der Waals surface area (Å²) in [6.07, 6.45) is 1.96. The lowest BCUT2D eigenvalue weighted by molar-refractivity contribution is -0.135. The molecule has 1 aliphatic heterocycles. The minimum Gasteiger partial charge on any atom is -0.497 e. The molecule has 1 unspecified atom stereocenters. The van der Waals surface area contributed by atoms with Gasteiger partial charge < -0.3 is 23.8 Å². The molecule has 0 bridgehead atoms. The van der Waals surface area contributed by atoms with Gasteiger partial charge in [-0.15, -0.1) is 0 Å². The molecule has 7 nitrogen and oxygen atoms in total. The summed E-state index contributed by atoms with van der Waals surface area (Å²) in [5.74, 6) is 0.123. The zero-order valence-corrected chi connectivity index (χ0v) is 20.4. The third-order valence-corrected chi connectivity index (χ3v) is 6.31. The minimum atomic E-state index is -0.442. The predicted octanol–water partition coefficient (Wildman–Crippen LogP) is 4.13. The fourth-order valence-electron chi connectivity index (χ4n) is 4.50. The third kappa shape index (κ3) is 5.01. The molecule has 8 heteroatoms. The van der Waals surface area contributed by atoms with Crippen molar-refractivity contribution in [1.82, 2.24) is 14.4 Å². The van der Waals surface area contributed by atoms with Crippen molar-refractivity contribution in [1.29, 1.82) is 0 Å². The van der Waals surface area contributed by atoms with Crippen molar-refractivity contribution in [3.8, 4) is 11.5 Å². The first kappa shape index (κ1) is 24.3. The largest absolute Gasteiger partial charge is 0.497 e. The van der Waals surface area contributed by atoms with E-state index in [1.807, 2.05) is 38.2 Å². The first-order valence-corrected chi connectivity index (χ1v) is 11.6. The van der Waals surface area contributed by atoms with Gasteiger partial charge in [-0.25, -0.2) is 4.39 Å². The number of aromatic nitrogens is 1. The lowest BCUT2D eigenvalue weighted by Gasteiger charge is -2.39. The van der Waals surface area contributed by atoms with Gasteiger partial charge in [-0.1, -0.05) is 12.1 Å². The van der Waals surface area contributed by atoms with E-state index in [2.05, 4.69) is 4.57 Å². The van der Waals surface area contributed by atoms with Gasteiger partial charge in [0.25, 0.3) is 5.91 Å². The summed E-state index contributed by atoms with van der Waals surface area (Å²) in [4.78, 5) is 30.4. The van der Waals surface area contributed by atoms with E-state index in [0.29, 0.717) is 35.7 Å². The van der Waals surface area contributed by atoms with Gasteiger partial charge in [0.1, 0.15) is 23.9 Å². The van der Waals surface area contributed by atoms with Crippen LogP contribution >= 0.6 is 0 Å². The number of rotatable bonds is 7. The Hall–Kier alpha value is -3.81. The molecule has 2 aromatic carbocycles. The highest BCUT2D eigenvalue weighted by molar-refractivity contribution is 5.97. The molecule has 1 aromatic heterocycles. The van der Waals surface area contributed by atoms with Crippen LogP contribution < -0.4 is 9.47 Å². The second-order valence-electron chi connectivity index (χ2n) is 8.80. The number of benzene rings is 2. The Morgan fingerprint density at radius 1 is 1.03 bits per heavy atom. The Kier molecular flexibility index (Phi) is 7.10. The average Bonchev–Trinajstić information content (AvgIpc) is 3.34. The highest BCUT2D eigenvalue weighted by Crippen LogP contribution is 2.33. The van der Waals surface area contributed by atoms with E-state index >= 15 is 0 Å². The zero-order valence-electron chi connectivity index (χ0n) is 20.4. The van der Waals surface area contributed by atoms with Crippen molar-refractivity contribution in [2.24, 2.45) is 0 Å². The van der Waals surface area contributed by atoms with Crippen molar-refractivity contribution < 1.29 is 23.5 Å². The van der Waals surface area contributed by atoms with Gasteiger partial charge in [-0.2, -0.15) is 0 Å². The first-order valence-electron chi connectivity index (χ1n) is 11.6. The topological polar surface area (TPSA) is 64.0 Å². The Labute approximate surface area is 204 Å². The lowest BCUT2D eigenvalue weighted by Crippen LogP contribution is -2.49. The van der Waals surface area contributed by atoms with E-state index in [1.54, 1.807) is 29.2 Å². The highest BCUT2D eigenvalue weighted by Gasteiger charge is 2.34. The summed E-state index contributed by atoms with van der Waals surface area (Å²) >= 11 is 0. The number of halogens is 1. The summed E-state index contributed by atoms with van der Waals surface area (Å²) in [5, 5.41) is 0. The summed E-state index contributed by atoms with van der Waals surface area (Å²) in [7, 11) is 3.04. The van der Waals surface area contributed by atoms with Crippen LogP contribution in [0.25, 0.3) is 0 Å². The molecular weight excluding hydrogens is 449 g/mol. The molecular formula is C27H30FN3O4. The second-order valence-corrected chi connectivity index (χ2v) is 8.80. The molecule has 184 valence electrons. The Morgan fingerprint density at radius 2 is 1.74 bits per heavy atom. The maximum atomic E-state index is 14.1. The van der Waals surface area contributed by atoms with Crippen molar-refractivity contribution in [3.63, 3.8) is 0 Å². The number of hydrogen-bond acceptors (Lipinski definition) is 4. The van der Waals surface area contributed by atoms with Crippen LogP contribution in [0.4, 0.5) is 4.39 Å². The van der Waals surface area contributed by atoms with Crippen LogP contribution in [0.1, 0.15) is 41.5 Å². The van der Waals surface area contributed by atoms with Crippen molar-refractivity contribution in [2.75, 3.05) is 27.3 Å². The van der Waals surface area contributed by atoms with Gasteiger partial charge in [0.05, 0.1) is 20.3 Å². The summed E-state index contributed by atoms with van der Waals surface area (Å²) in [6.45, 7) is 4.71. The van der Waals surface area contributed by atoms with Crippen LogP contribution in [0.15, 0.2) is 60.8 Å². The van der Waals surface area contributed by atoms with Gasteiger partial charge in [-0.3, -0.25) is 9.59 Å². The maximum Gasteiger partial charge on any atom is 0.254 e. The quantitative estimate of drug-likeness (QED) is 0.511. The van der Waals surface area contributed by atoms with Crippen LogP contribution in [0, 0.1) is 5.82 Å². The first-order chi connectivity index (χ1) is 16.8. The standard InChI is InChI=1S/C27H30FN3O4/c1-18(2)31(27(33)20-14-22(34-3)16-23(15-20)35-4)17-25(32)30-12-11-29-10-6-9-24(29)26(30)19-7-5-8-21(28)13-19/h5-10,13-16,18,26H,11-12,17H2,1-4H3. The number of methoxy groups -OCH3 is 2. The lowest BCUT2D eigenvalue weighted by atomic mass is 9.99.